The first-order valence-corrected chi connectivity index (χ1v) is 11.3. The van der Waals surface area contributed by atoms with Gasteiger partial charge in [0.15, 0.2) is 11.5 Å². The van der Waals surface area contributed by atoms with Gasteiger partial charge in [-0.2, -0.15) is 0 Å². The largest absolute Gasteiger partial charge is 0.315 e. The molecule has 0 fully saturated rings. The number of fused-ring (bicyclic) bond motifs is 2. The van der Waals surface area contributed by atoms with Crippen LogP contribution in [0.15, 0.2) is 119 Å². The predicted molar refractivity (Wildman–Crippen MR) is 139 cm³/mol. The van der Waals surface area contributed by atoms with Crippen LogP contribution in [0.4, 0.5) is 0 Å². The van der Waals surface area contributed by atoms with Crippen LogP contribution in [-0.2, 0) is 0 Å². The molecule has 5 aromatic carbocycles. The van der Waals surface area contributed by atoms with Gasteiger partial charge in [-0.05, 0) is 68.0 Å². The zero-order chi connectivity index (χ0) is 22.2. The maximum atomic E-state index is 6.39. The van der Waals surface area contributed by atoms with Gasteiger partial charge in [-0.3, -0.25) is 0 Å². The molecule has 0 aromatic heterocycles. The van der Waals surface area contributed by atoms with Crippen LogP contribution < -0.4 is 5.32 Å². The summed E-state index contributed by atoms with van der Waals surface area (Å²) in [5.41, 5.74) is 4.41. The average Bonchev–Trinajstić information content (AvgIpc) is 2.88. The van der Waals surface area contributed by atoms with Crippen LogP contribution >= 0.6 is 11.6 Å². The van der Waals surface area contributed by atoms with Gasteiger partial charge >= 0.3 is 0 Å². The fraction of sp³-hybridized carbons (Fsp3) is 0.0345. The molecule has 0 aliphatic carbocycles. The van der Waals surface area contributed by atoms with Crippen molar-refractivity contribution in [2.24, 2.45) is 9.98 Å². The molecule has 0 amide bonds. The minimum Gasteiger partial charge on any atom is -0.315 e. The van der Waals surface area contributed by atoms with Gasteiger partial charge in [0, 0.05) is 5.56 Å². The molecule has 3 nitrogen and oxygen atoms in total. The summed E-state index contributed by atoms with van der Waals surface area (Å²) in [5, 5.41) is 8.16. The van der Waals surface area contributed by atoms with Gasteiger partial charge in [0.2, 0.25) is 0 Å². The summed E-state index contributed by atoms with van der Waals surface area (Å²) >= 11 is 6.39. The maximum absolute atomic E-state index is 6.39. The molecule has 6 rings (SSSR count). The lowest BCUT2D eigenvalue weighted by Gasteiger charge is -2.19. The number of rotatable bonds is 3. The molecule has 0 radical (unpaired) electrons. The molecule has 158 valence electrons. The standard InChI is InChI=1S/C29H20ClN3/c30-29-32-27(25-14-10-20-8-4-5-9-21(20)17-25)31-28(33-29)26-15-13-23-16-22(11-12-24(23)18-26)19-6-2-1-3-7-19/h1-18,28H,(H,31,32,33). The second-order valence-electron chi connectivity index (χ2n) is 8.15. The number of nitrogens with zero attached hydrogens (tertiary/aromatic N) is 2. The lowest BCUT2D eigenvalue weighted by molar-refractivity contribution is 0.761. The van der Waals surface area contributed by atoms with Crippen LogP contribution in [0.25, 0.3) is 32.7 Å². The van der Waals surface area contributed by atoms with E-state index >= 15 is 0 Å². The quantitative estimate of drug-likeness (QED) is 0.290. The molecule has 1 heterocycles. The van der Waals surface area contributed by atoms with E-state index in [2.05, 4.69) is 101 Å². The Morgan fingerprint density at radius 2 is 1.18 bits per heavy atom. The number of nitrogens with one attached hydrogen (secondary N) is 1. The molecular formula is C29H20ClN3. The van der Waals surface area contributed by atoms with Crippen molar-refractivity contribution < 1.29 is 0 Å². The molecule has 1 aliphatic rings. The Morgan fingerprint density at radius 1 is 0.545 bits per heavy atom. The molecule has 1 unspecified atom stereocenters. The number of halogens is 1. The molecule has 0 saturated carbocycles. The molecular weight excluding hydrogens is 426 g/mol. The van der Waals surface area contributed by atoms with Gasteiger partial charge in [-0.25, -0.2) is 9.98 Å². The summed E-state index contributed by atoms with van der Waals surface area (Å²) in [5.74, 6) is 0.727. The molecule has 0 spiro atoms. The van der Waals surface area contributed by atoms with Gasteiger partial charge in [0.05, 0.1) is 0 Å². The lowest BCUT2D eigenvalue weighted by atomic mass is 9.99. The second kappa shape index (κ2) is 8.19. The smallest absolute Gasteiger partial charge is 0.199 e. The Kier molecular flexibility index (Phi) is 4.89. The Hall–Kier alpha value is -3.95. The number of hydrogen-bond acceptors (Lipinski definition) is 3. The van der Waals surface area contributed by atoms with E-state index in [1.54, 1.807) is 0 Å². The number of benzene rings is 5. The zero-order valence-electron chi connectivity index (χ0n) is 17.7. The van der Waals surface area contributed by atoms with Crippen LogP contribution in [-0.4, -0.2) is 11.1 Å². The van der Waals surface area contributed by atoms with E-state index in [0.29, 0.717) is 5.29 Å². The average molecular weight is 446 g/mol. The molecule has 1 aliphatic heterocycles. The van der Waals surface area contributed by atoms with Crippen molar-refractivity contribution in [3.8, 4) is 11.1 Å². The molecule has 4 heteroatoms. The molecule has 0 saturated heterocycles. The number of hydrogen-bond donors (Lipinski definition) is 1. The molecule has 5 aromatic rings. The van der Waals surface area contributed by atoms with Crippen molar-refractivity contribution in [2.45, 2.75) is 6.17 Å². The van der Waals surface area contributed by atoms with E-state index in [-0.39, 0.29) is 0 Å². The highest BCUT2D eigenvalue weighted by molar-refractivity contribution is 6.66. The Labute approximate surface area is 197 Å². The Balaban J connectivity index is 1.36. The predicted octanol–water partition coefficient (Wildman–Crippen LogP) is 7.30. The number of amidine groups is 2. The Bertz CT molecular complexity index is 1550. The van der Waals surface area contributed by atoms with E-state index < -0.39 is 6.17 Å². The monoisotopic (exact) mass is 445 g/mol. The highest BCUT2D eigenvalue weighted by atomic mass is 35.5. The van der Waals surface area contributed by atoms with E-state index in [1.807, 2.05) is 18.2 Å². The molecule has 33 heavy (non-hydrogen) atoms. The van der Waals surface area contributed by atoms with Crippen molar-refractivity contribution >= 4 is 44.3 Å². The van der Waals surface area contributed by atoms with Crippen LogP contribution in [0.2, 0.25) is 0 Å². The lowest BCUT2D eigenvalue weighted by Crippen LogP contribution is -2.32. The van der Waals surface area contributed by atoms with Crippen LogP contribution in [0.1, 0.15) is 17.3 Å². The van der Waals surface area contributed by atoms with Gasteiger partial charge in [0.25, 0.3) is 0 Å². The van der Waals surface area contributed by atoms with Crippen molar-refractivity contribution in [1.82, 2.24) is 5.32 Å². The first-order valence-electron chi connectivity index (χ1n) is 10.9. The van der Waals surface area contributed by atoms with Crippen LogP contribution in [0.3, 0.4) is 0 Å². The summed E-state index contributed by atoms with van der Waals surface area (Å²) in [6.07, 6.45) is -0.390. The van der Waals surface area contributed by atoms with Gasteiger partial charge in [0.1, 0.15) is 5.84 Å². The highest BCUT2D eigenvalue weighted by Crippen LogP contribution is 2.30. The molecule has 1 atom stereocenters. The fourth-order valence-corrected chi connectivity index (χ4v) is 4.47. The SMILES string of the molecule is ClC1=NC(c2ccc3cc(-c4ccccc4)ccc3c2)N=C(c2ccc3ccccc3c2)N1. The summed E-state index contributed by atoms with van der Waals surface area (Å²) in [6.45, 7) is 0. The third kappa shape index (κ3) is 3.88. The third-order valence-corrected chi connectivity index (χ3v) is 6.19. The van der Waals surface area contributed by atoms with Crippen LogP contribution in [0.5, 0.6) is 0 Å². The van der Waals surface area contributed by atoms with Crippen molar-refractivity contribution in [3.05, 3.63) is 120 Å². The topological polar surface area (TPSA) is 36.8 Å². The van der Waals surface area contributed by atoms with E-state index in [1.165, 1.54) is 21.9 Å². The normalized spacial score (nSPS) is 15.7. The first kappa shape index (κ1) is 19.7. The summed E-state index contributed by atoms with van der Waals surface area (Å²) in [4.78, 5) is 9.43. The number of aliphatic imine (C=N–C) groups is 2. The molecule has 0 bridgehead atoms. The minimum absolute atomic E-state index is 0.345. The van der Waals surface area contributed by atoms with E-state index in [9.17, 15) is 0 Å². The maximum Gasteiger partial charge on any atom is 0.199 e. The van der Waals surface area contributed by atoms with Crippen LogP contribution in [0, 0.1) is 0 Å². The second-order valence-corrected chi connectivity index (χ2v) is 8.50. The van der Waals surface area contributed by atoms with Crippen molar-refractivity contribution in [1.29, 1.82) is 0 Å². The third-order valence-electron chi connectivity index (χ3n) is 6.00. The summed E-state index contributed by atoms with van der Waals surface area (Å²) in [7, 11) is 0. The summed E-state index contributed by atoms with van der Waals surface area (Å²) < 4.78 is 0. The van der Waals surface area contributed by atoms with E-state index in [4.69, 9.17) is 16.6 Å². The van der Waals surface area contributed by atoms with E-state index in [0.717, 1.165) is 27.7 Å². The van der Waals surface area contributed by atoms with Gasteiger partial charge in [-0.15, -0.1) is 0 Å². The zero-order valence-corrected chi connectivity index (χ0v) is 18.5. The van der Waals surface area contributed by atoms with Crippen molar-refractivity contribution in [3.63, 3.8) is 0 Å². The highest BCUT2D eigenvalue weighted by Gasteiger charge is 2.19. The van der Waals surface area contributed by atoms with Gasteiger partial charge in [-0.1, -0.05) is 91.0 Å². The minimum atomic E-state index is -0.390. The van der Waals surface area contributed by atoms with Gasteiger partial charge < -0.3 is 5.32 Å². The first-order chi connectivity index (χ1) is 16.2. The summed E-state index contributed by atoms with van der Waals surface area (Å²) in [6, 6.07) is 37.9. The molecule has 1 N–H and O–H groups in total. The fourth-order valence-electron chi connectivity index (χ4n) is 4.29. The Morgan fingerprint density at radius 3 is 2.06 bits per heavy atom. The van der Waals surface area contributed by atoms with Crippen molar-refractivity contribution in [2.75, 3.05) is 0 Å².